The molecule has 118 valence electrons. The molecule has 2 aliphatic heterocycles. The maximum atomic E-state index is 11.1. The number of nitro groups is 1. The Morgan fingerprint density at radius 2 is 1.95 bits per heavy atom. The molecule has 0 unspecified atom stereocenters. The molecule has 1 aromatic rings. The molecule has 0 N–H and O–H groups in total. The molecule has 0 spiro atoms. The van der Waals surface area contributed by atoms with Gasteiger partial charge in [-0.25, -0.2) is 0 Å². The van der Waals surface area contributed by atoms with Gasteiger partial charge in [-0.2, -0.15) is 0 Å². The molecule has 2 atom stereocenters. The van der Waals surface area contributed by atoms with Crippen LogP contribution in [0.4, 0.5) is 11.4 Å². The molecule has 3 rings (SSSR count). The highest BCUT2D eigenvalue weighted by molar-refractivity contribution is 5.73. The minimum absolute atomic E-state index is 0.0136. The number of hydrogen-bond acceptors (Lipinski definition) is 5. The van der Waals surface area contributed by atoms with Gasteiger partial charge in [0.15, 0.2) is 5.75 Å². The molecule has 0 aromatic heterocycles. The minimum atomic E-state index is -0.413. The Hall–Kier alpha value is -2.08. The van der Waals surface area contributed by atoms with Crippen LogP contribution in [0.1, 0.15) is 5.56 Å². The van der Waals surface area contributed by atoms with E-state index in [-0.39, 0.29) is 5.69 Å². The third kappa shape index (κ3) is 2.43. The zero-order valence-electron chi connectivity index (χ0n) is 13.0. The molecule has 1 aromatic carbocycles. The lowest BCUT2D eigenvalue weighted by Crippen LogP contribution is -2.27. The predicted molar refractivity (Wildman–Crippen MR) is 86.4 cm³/mol. The number of benzene rings is 1. The fourth-order valence-electron chi connectivity index (χ4n) is 3.74. The molecule has 6 heteroatoms. The number of fused-ring (bicyclic) bond motifs is 1. The second kappa shape index (κ2) is 5.61. The maximum Gasteiger partial charge on any atom is 0.311 e. The molecule has 6 nitrogen and oxygen atoms in total. The van der Waals surface area contributed by atoms with Gasteiger partial charge in [-0.15, -0.1) is 0 Å². The van der Waals surface area contributed by atoms with Crippen LogP contribution in [0.5, 0.6) is 5.75 Å². The zero-order valence-corrected chi connectivity index (χ0v) is 13.0. The van der Waals surface area contributed by atoms with Crippen molar-refractivity contribution in [1.29, 1.82) is 0 Å². The average molecular weight is 303 g/mol. The van der Waals surface area contributed by atoms with Crippen molar-refractivity contribution in [2.45, 2.75) is 0 Å². The van der Waals surface area contributed by atoms with Gasteiger partial charge in [0.05, 0.1) is 12.0 Å². The van der Waals surface area contributed by atoms with E-state index in [0.717, 1.165) is 37.4 Å². The summed E-state index contributed by atoms with van der Waals surface area (Å²) in [4.78, 5) is 15.4. The Morgan fingerprint density at radius 1 is 1.32 bits per heavy atom. The Balaban J connectivity index is 1.94. The SMILES string of the molecule is C=Cc1cc([N+](=O)[O-])c(OC)cc1N1C[C@H]2CN(C)C[C@H]2C1. The van der Waals surface area contributed by atoms with Crippen molar-refractivity contribution in [3.63, 3.8) is 0 Å². The second-order valence-corrected chi connectivity index (χ2v) is 6.19. The fraction of sp³-hybridized carbons (Fsp3) is 0.500. The van der Waals surface area contributed by atoms with E-state index in [1.807, 2.05) is 0 Å². The van der Waals surface area contributed by atoms with E-state index in [1.54, 1.807) is 18.2 Å². The molecule has 0 amide bonds. The van der Waals surface area contributed by atoms with Crippen molar-refractivity contribution in [3.05, 3.63) is 34.4 Å². The molecule has 0 bridgehead atoms. The Morgan fingerprint density at radius 3 is 2.45 bits per heavy atom. The summed E-state index contributed by atoms with van der Waals surface area (Å²) in [6, 6.07) is 3.33. The van der Waals surface area contributed by atoms with Crippen LogP contribution in [0, 0.1) is 22.0 Å². The highest BCUT2D eigenvalue weighted by atomic mass is 16.6. The summed E-state index contributed by atoms with van der Waals surface area (Å²) in [6.07, 6.45) is 1.68. The number of hydrogen-bond donors (Lipinski definition) is 0. The van der Waals surface area contributed by atoms with E-state index in [2.05, 4.69) is 23.4 Å². The monoisotopic (exact) mass is 303 g/mol. The number of nitrogens with zero attached hydrogens (tertiary/aromatic N) is 3. The lowest BCUT2D eigenvalue weighted by Gasteiger charge is -2.23. The van der Waals surface area contributed by atoms with Crippen molar-refractivity contribution in [2.24, 2.45) is 11.8 Å². The van der Waals surface area contributed by atoms with Gasteiger partial charge in [-0.05, 0) is 18.9 Å². The summed E-state index contributed by atoms with van der Waals surface area (Å²) in [7, 11) is 3.63. The Labute approximate surface area is 130 Å². The van der Waals surface area contributed by atoms with Crippen molar-refractivity contribution < 1.29 is 9.66 Å². The molecule has 2 heterocycles. The van der Waals surface area contributed by atoms with Gasteiger partial charge in [0.25, 0.3) is 0 Å². The van der Waals surface area contributed by atoms with Gasteiger partial charge in [0, 0.05) is 49.6 Å². The summed E-state index contributed by atoms with van der Waals surface area (Å²) in [6.45, 7) is 8.01. The normalized spacial score (nSPS) is 24.4. The second-order valence-electron chi connectivity index (χ2n) is 6.19. The number of likely N-dealkylation sites (tertiary alicyclic amines) is 1. The van der Waals surface area contributed by atoms with Crippen molar-refractivity contribution >= 4 is 17.5 Å². The van der Waals surface area contributed by atoms with E-state index in [9.17, 15) is 10.1 Å². The van der Waals surface area contributed by atoms with Gasteiger partial charge in [-0.3, -0.25) is 10.1 Å². The van der Waals surface area contributed by atoms with Crippen LogP contribution in [0.2, 0.25) is 0 Å². The van der Waals surface area contributed by atoms with Crippen LogP contribution in [-0.2, 0) is 0 Å². The van der Waals surface area contributed by atoms with E-state index in [1.165, 1.54) is 7.11 Å². The van der Waals surface area contributed by atoms with E-state index in [4.69, 9.17) is 4.74 Å². The lowest BCUT2D eigenvalue weighted by atomic mass is 10.0. The van der Waals surface area contributed by atoms with E-state index in [0.29, 0.717) is 17.6 Å². The fourth-order valence-corrected chi connectivity index (χ4v) is 3.74. The van der Waals surface area contributed by atoms with Gasteiger partial charge in [0.2, 0.25) is 0 Å². The molecule has 0 aliphatic carbocycles. The molecular formula is C16H21N3O3. The molecular weight excluding hydrogens is 282 g/mol. The quantitative estimate of drug-likeness (QED) is 0.630. The van der Waals surface area contributed by atoms with Gasteiger partial charge < -0.3 is 14.5 Å². The van der Waals surface area contributed by atoms with Gasteiger partial charge in [0.1, 0.15) is 0 Å². The molecule has 2 aliphatic rings. The molecule has 22 heavy (non-hydrogen) atoms. The zero-order chi connectivity index (χ0) is 15.9. The number of rotatable bonds is 4. The number of methoxy groups -OCH3 is 1. The first-order chi connectivity index (χ1) is 10.5. The Kier molecular flexibility index (Phi) is 3.78. The average Bonchev–Trinajstić information content (AvgIpc) is 3.02. The third-order valence-electron chi connectivity index (χ3n) is 4.75. The first-order valence-corrected chi connectivity index (χ1v) is 7.45. The van der Waals surface area contributed by atoms with Crippen molar-refractivity contribution in [2.75, 3.05) is 45.2 Å². The highest BCUT2D eigenvalue weighted by Crippen LogP contribution is 2.40. The summed E-state index contributed by atoms with van der Waals surface area (Å²) in [5.74, 6) is 1.65. The van der Waals surface area contributed by atoms with Gasteiger partial charge >= 0.3 is 5.69 Å². The van der Waals surface area contributed by atoms with Crippen LogP contribution < -0.4 is 9.64 Å². The third-order valence-corrected chi connectivity index (χ3v) is 4.75. The van der Waals surface area contributed by atoms with Crippen LogP contribution >= 0.6 is 0 Å². The largest absolute Gasteiger partial charge is 0.490 e. The van der Waals surface area contributed by atoms with Gasteiger partial charge in [-0.1, -0.05) is 12.7 Å². The van der Waals surface area contributed by atoms with E-state index >= 15 is 0 Å². The van der Waals surface area contributed by atoms with Crippen LogP contribution in [0.3, 0.4) is 0 Å². The summed E-state index contributed by atoms with van der Waals surface area (Å²) < 4.78 is 5.21. The minimum Gasteiger partial charge on any atom is -0.490 e. The van der Waals surface area contributed by atoms with Crippen molar-refractivity contribution in [3.8, 4) is 5.75 Å². The number of anilines is 1. The van der Waals surface area contributed by atoms with E-state index < -0.39 is 4.92 Å². The standard InChI is InChI=1S/C16H21N3O3/c1-4-11-5-15(19(20)21)16(22-3)6-14(11)18-9-12-7-17(2)8-13(12)10-18/h4-6,12-13H,1,7-10H2,2-3H3/t12-,13+. The van der Waals surface area contributed by atoms with Crippen LogP contribution in [0.25, 0.3) is 6.08 Å². The lowest BCUT2D eigenvalue weighted by molar-refractivity contribution is -0.385. The van der Waals surface area contributed by atoms with Crippen molar-refractivity contribution in [1.82, 2.24) is 4.90 Å². The topological polar surface area (TPSA) is 58.9 Å². The predicted octanol–water partition coefficient (Wildman–Crippen LogP) is 2.24. The maximum absolute atomic E-state index is 11.1. The Bertz CT molecular complexity index is 603. The van der Waals surface area contributed by atoms with Crippen LogP contribution in [0.15, 0.2) is 18.7 Å². The molecule has 0 saturated carbocycles. The first kappa shape index (κ1) is 14.8. The van der Waals surface area contributed by atoms with Crippen LogP contribution in [-0.4, -0.2) is 50.2 Å². The summed E-state index contributed by atoms with van der Waals surface area (Å²) in [5, 5.41) is 11.1. The molecule has 2 saturated heterocycles. The highest BCUT2D eigenvalue weighted by Gasteiger charge is 2.39. The smallest absolute Gasteiger partial charge is 0.311 e. The number of ether oxygens (including phenoxy) is 1. The summed E-state index contributed by atoms with van der Waals surface area (Å²) in [5.41, 5.74) is 1.76. The molecule has 0 radical (unpaired) electrons. The summed E-state index contributed by atoms with van der Waals surface area (Å²) >= 11 is 0. The molecule has 2 fully saturated rings. The number of nitro benzene ring substituents is 1. The first-order valence-electron chi connectivity index (χ1n) is 7.45.